The van der Waals surface area contributed by atoms with Gasteiger partial charge in [0.1, 0.15) is 0 Å². The number of nitrogens with one attached hydrogen (secondary N) is 1. The molecule has 3 nitrogen and oxygen atoms in total. The van der Waals surface area contributed by atoms with Crippen molar-refractivity contribution >= 4 is 5.91 Å². The maximum Gasteiger partial charge on any atom is 0.224 e. The average Bonchev–Trinajstić information content (AvgIpc) is 2.38. The zero-order valence-corrected chi connectivity index (χ0v) is 14.2. The fourth-order valence-corrected chi connectivity index (χ4v) is 3.30. The van der Waals surface area contributed by atoms with Crippen LogP contribution in [0.1, 0.15) is 66.2 Å². The van der Waals surface area contributed by atoms with Crippen LogP contribution in [0.4, 0.5) is 0 Å². The van der Waals surface area contributed by atoms with Crippen LogP contribution in [0.3, 0.4) is 0 Å². The van der Waals surface area contributed by atoms with E-state index < -0.39 is 0 Å². The Morgan fingerprint density at radius 3 is 1.95 bits per heavy atom. The fourth-order valence-electron chi connectivity index (χ4n) is 3.30. The molecule has 118 valence electrons. The summed E-state index contributed by atoms with van der Waals surface area (Å²) in [5.74, 6) is 1.41. The Labute approximate surface area is 125 Å². The lowest BCUT2D eigenvalue weighted by Crippen LogP contribution is -2.50. The number of amides is 1. The topological polar surface area (TPSA) is 32.3 Å². The maximum atomic E-state index is 12.7. The molecule has 0 aromatic carbocycles. The lowest BCUT2D eigenvalue weighted by Gasteiger charge is -2.38. The van der Waals surface area contributed by atoms with Crippen molar-refractivity contribution in [1.29, 1.82) is 0 Å². The zero-order chi connectivity index (χ0) is 15.2. The van der Waals surface area contributed by atoms with Crippen LogP contribution in [0, 0.1) is 11.8 Å². The van der Waals surface area contributed by atoms with Crippen molar-refractivity contribution in [2.45, 2.75) is 71.8 Å². The summed E-state index contributed by atoms with van der Waals surface area (Å²) in [6.07, 6.45) is 6.78. The third-order valence-electron chi connectivity index (χ3n) is 4.35. The molecule has 0 bridgehead atoms. The Bertz CT molecular complexity index is 283. The second-order valence-electron chi connectivity index (χ2n) is 7.35. The number of hydrogen-bond acceptors (Lipinski definition) is 2. The molecule has 0 aromatic heterocycles. The van der Waals surface area contributed by atoms with Crippen molar-refractivity contribution in [2.75, 3.05) is 20.1 Å². The van der Waals surface area contributed by atoms with E-state index in [1.165, 1.54) is 19.3 Å². The highest BCUT2D eigenvalue weighted by atomic mass is 16.2. The lowest BCUT2D eigenvalue weighted by molar-refractivity contribution is -0.134. The lowest BCUT2D eigenvalue weighted by atomic mass is 9.79. The quantitative estimate of drug-likeness (QED) is 0.776. The van der Waals surface area contributed by atoms with Crippen LogP contribution in [0.15, 0.2) is 0 Å². The Morgan fingerprint density at radius 2 is 1.55 bits per heavy atom. The second kappa shape index (κ2) is 8.02. The molecule has 0 radical (unpaired) electrons. The molecular weight excluding hydrogens is 248 g/mol. The molecule has 0 saturated heterocycles. The molecule has 3 heteroatoms. The van der Waals surface area contributed by atoms with Crippen molar-refractivity contribution in [1.82, 2.24) is 10.2 Å². The predicted molar refractivity (Wildman–Crippen MR) is 85.7 cm³/mol. The largest absolute Gasteiger partial charge is 0.342 e. The molecule has 1 N–H and O–H groups in total. The first-order chi connectivity index (χ1) is 9.38. The van der Waals surface area contributed by atoms with Crippen LogP contribution in [-0.2, 0) is 4.79 Å². The Hall–Kier alpha value is -0.570. The summed E-state index contributed by atoms with van der Waals surface area (Å²) in [5.41, 5.74) is 0.0571. The second-order valence-corrected chi connectivity index (χ2v) is 7.35. The Kier molecular flexibility index (Phi) is 7.01. The first-order valence-electron chi connectivity index (χ1n) is 8.35. The van der Waals surface area contributed by atoms with Gasteiger partial charge in [-0.2, -0.15) is 0 Å². The van der Waals surface area contributed by atoms with Gasteiger partial charge in [0.2, 0.25) is 5.91 Å². The minimum Gasteiger partial charge on any atom is -0.342 e. The predicted octanol–water partition coefficient (Wildman–Crippen LogP) is 3.44. The highest BCUT2D eigenvalue weighted by molar-refractivity contribution is 5.77. The monoisotopic (exact) mass is 282 g/mol. The molecule has 1 aliphatic rings. The standard InChI is InChI=1S/C17H34N2O/c1-14(2)12-19(13-15(3)4)16(20)11-17(18-5)9-7-6-8-10-17/h14-15,18H,6-13H2,1-5H3. The van der Waals surface area contributed by atoms with Crippen molar-refractivity contribution in [2.24, 2.45) is 11.8 Å². The van der Waals surface area contributed by atoms with Crippen molar-refractivity contribution in [3.05, 3.63) is 0 Å². The molecule has 0 spiro atoms. The first kappa shape index (κ1) is 17.5. The molecule has 20 heavy (non-hydrogen) atoms. The van der Waals surface area contributed by atoms with Crippen molar-refractivity contribution < 1.29 is 4.79 Å². The molecular formula is C17H34N2O. The molecule has 1 amide bonds. The van der Waals surface area contributed by atoms with Gasteiger partial charge in [0.05, 0.1) is 0 Å². The van der Waals surface area contributed by atoms with E-state index in [-0.39, 0.29) is 5.54 Å². The minimum absolute atomic E-state index is 0.0571. The van der Waals surface area contributed by atoms with Gasteiger partial charge in [0.25, 0.3) is 0 Å². The number of nitrogens with zero attached hydrogens (tertiary/aromatic N) is 1. The van der Waals surface area contributed by atoms with Gasteiger partial charge in [-0.3, -0.25) is 4.79 Å². The summed E-state index contributed by atoms with van der Waals surface area (Å²) < 4.78 is 0. The van der Waals surface area contributed by atoms with E-state index in [1.54, 1.807) is 0 Å². The number of hydrogen-bond donors (Lipinski definition) is 1. The van der Waals surface area contributed by atoms with Crippen LogP contribution >= 0.6 is 0 Å². The summed E-state index contributed by atoms with van der Waals surface area (Å²) in [5, 5.41) is 3.46. The third-order valence-corrected chi connectivity index (χ3v) is 4.35. The van der Waals surface area contributed by atoms with Gasteiger partial charge in [-0.05, 0) is 31.7 Å². The SMILES string of the molecule is CNC1(CC(=O)N(CC(C)C)CC(C)C)CCCCC1. The van der Waals surface area contributed by atoms with E-state index >= 15 is 0 Å². The van der Waals surface area contributed by atoms with Gasteiger partial charge in [-0.25, -0.2) is 0 Å². The summed E-state index contributed by atoms with van der Waals surface area (Å²) in [7, 11) is 2.02. The summed E-state index contributed by atoms with van der Waals surface area (Å²) in [6.45, 7) is 10.5. The van der Waals surface area contributed by atoms with Crippen molar-refractivity contribution in [3.63, 3.8) is 0 Å². The van der Waals surface area contributed by atoms with E-state index in [2.05, 4.69) is 37.9 Å². The van der Waals surface area contributed by atoms with Gasteiger partial charge in [-0.1, -0.05) is 47.0 Å². The average molecular weight is 282 g/mol. The molecule has 0 heterocycles. The highest BCUT2D eigenvalue weighted by Crippen LogP contribution is 2.31. The number of rotatable bonds is 7. The molecule has 1 rings (SSSR count). The molecule has 1 fully saturated rings. The van der Waals surface area contributed by atoms with Crippen LogP contribution in [0.25, 0.3) is 0 Å². The van der Waals surface area contributed by atoms with E-state index in [4.69, 9.17) is 0 Å². The summed E-state index contributed by atoms with van der Waals surface area (Å²) >= 11 is 0. The summed E-state index contributed by atoms with van der Waals surface area (Å²) in [4.78, 5) is 14.8. The van der Waals surface area contributed by atoms with E-state index in [9.17, 15) is 4.79 Å². The van der Waals surface area contributed by atoms with Gasteiger partial charge in [0, 0.05) is 25.0 Å². The van der Waals surface area contributed by atoms with Gasteiger partial charge in [-0.15, -0.1) is 0 Å². The molecule has 0 aromatic rings. The molecule has 0 aliphatic heterocycles. The number of carbonyl (C=O) groups is 1. The van der Waals surface area contributed by atoms with E-state index in [0.29, 0.717) is 24.2 Å². The van der Waals surface area contributed by atoms with Crippen LogP contribution in [0.5, 0.6) is 0 Å². The van der Waals surface area contributed by atoms with Crippen LogP contribution in [0.2, 0.25) is 0 Å². The Morgan fingerprint density at radius 1 is 1.05 bits per heavy atom. The van der Waals surface area contributed by atoms with E-state index in [0.717, 1.165) is 25.9 Å². The molecule has 0 unspecified atom stereocenters. The van der Waals surface area contributed by atoms with Gasteiger partial charge >= 0.3 is 0 Å². The molecule has 1 aliphatic carbocycles. The highest BCUT2D eigenvalue weighted by Gasteiger charge is 2.34. The van der Waals surface area contributed by atoms with Gasteiger partial charge < -0.3 is 10.2 Å². The summed E-state index contributed by atoms with van der Waals surface area (Å²) in [6, 6.07) is 0. The van der Waals surface area contributed by atoms with E-state index in [1.807, 2.05) is 7.05 Å². The normalized spacial score (nSPS) is 18.6. The maximum absolute atomic E-state index is 12.7. The third kappa shape index (κ3) is 5.43. The van der Waals surface area contributed by atoms with Crippen LogP contribution in [-0.4, -0.2) is 36.5 Å². The smallest absolute Gasteiger partial charge is 0.224 e. The fraction of sp³-hybridized carbons (Fsp3) is 0.941. The first-order valence-corrected chi connectivity index (χ1v) is 8.35. The van der Waals surface area contributed by atoms with Crippen molar-refractivity contribution in [3.8, 4) is 0 Å². The number of carbonyl (C=O) groups excluding carboxylic acids is 1. The molecule has 1 saturated carbocycles. The van der Waals surface area contributed by atoms with Crippen LogP contribution < -0.4 is 5.32 Å². The Balaban J connectivity index is 2.67. The van der Waals surface area contributed by atoms with Gasteiger partial charge in [0.15, 0.2) is 0 Å². The minimum atomic E-state index is 0.0571. The molecule has 0 atom stereocenters. The zero-order valence-electron chi connectivity index (χ0n) is 14.2.